The van der Waals surface area contributed by atoms with Crippen molar-refractivity contribution in [3.05, 3.63) is 29.6 Å². The van der Waals surface area contributed by atoms with E-state index in [1.54, 1.807) is 0 Å². The molecule has 1 heterocycles. The lowest BCUT2D eigenvalue weighted by Crippen LogP contribution is -2.34. The minimum atomic E-state index is 0.369. The molecule has 0 aromatic carbocycles. The summed E-state index contributed by atoms with van der Waals surface area (Å²) in [5, 5.41) is 0. The summed E-state index contributed by atoms with van der Waals surface area (Å²) >= 11 is 0. The first-order chi connectivity index (χ1) is 6.79. The third-order valence-electron chi connectivity index (χ3n) is 2.58. The van der Waals surface area contributed by atoms with Crippen molar-refractivity contribution in [2.75, 3.05) is 0 Å². The third kappa shape index (κ3) is 3.65. The Hall–Kier alpha value is -0.850. The van der Waals surface area contributed by atoms with Crippen LogP contribution in [0.1, 0.15) is 51.8 Å². The van der Waals surface area contributed by atoms with Gasteiger partial charge in [-0.25, -0.2) is 4.57 Å². The van der Waals surface area contributed by atoms with Crippen molar-refractivity contribution in [3.8, 4) is 0 Å². The summed E-state index contributed by atoms with van der Waals surface area (Å²) in [4.78, 5) is 0. The molecular formula is C14H24N+. The van der Waals surface area contributed by atoms with Gasteiger partial charge in [0.05, 0.1) is 0 Å². The Labute approximate surface area is 94.1 Å². The fraction of sp³-hybridized carbons (Fsp3) is 0.643. The van der Waals surface area contributed by atoms with Crippen LogP contribution in [0.4, 0.5) is 0 Å². The Bertz CT molecular complexity index is 332. The predicted molar refractivity (Wildman–Crippen MR) is 64.9 cm³/mol. The van der Waals surface area contributed by atoms with E-state index in [-0.39, 0.29) is 0 Å². The van der Waals surface area contributed by atoms with E-state index in [1.807, 2.05) is 0 Å². The number of nitrogens with zero attached hydrogens (tertiary/aromatic N) is 1. The molecule has 0 saturated carbocycles. The molecule has 1 rings (SSSR count). The summed E-state index contributed by atoms with van der Waals surface area (Å²) in [5.41, 5.74) is 3.23. The first-order valence-corrected chi connectivity index (χ1v) is 5.78. The highest BCUT2D eigenvalue weighted by Gasteiger charge is 2.16. The van der Waals surface area contributed by atoms with Gasteiger partial charge in [-0.2, -0.15) is 0 Å². The molecule has 84 valence electrons. The molecule has 1 aromatic rings. The van der Waals surface area contributed by atoms with Crippen molar-refractivity contribution in [2.24, 2.45) is 12.5 Å². The van der Waals surface area contributed by atoms with E-state index in [9.17, 15) is 0 Å². The molecule has 0 aliphatic heterocycles. The monoisotopic (exact) mass is 206 g/mol. The second kappa shape index (κ2) is 4.34. The second-order valence-electron chi connectivity index (χ2n) is 5.96. The number of aryl methyl sites for hydroxylation is 1. The summed E-state index contributed by atoms with van der Waals surface area (Å²) in [6, 6.07) is 4.58. The zero-order chi connectivity index (χ0) is 11.6. The standard InChI is InChI=1S/C14H24N/c1-11(2)13-9-12(7-8-15(13)6)10-14(3,4)5/h7-9,11H,10H2,1-6H3/q+1. The first kappa shape index (κ1) is 12.2. The lowest BCUT2D eigenvalue weighted by molar-refractivity contribution is -0.680. The van der Waals surface area contributed by atoms with Gasteiger partial charge in [0, 0.05) is 18.1 Å². The van der Waals surface area contributed by atoms with Gasteiger partial charge in [0.2, 0.25) is 0 Å². The van der Waals surface area contributed by atoms with Crippen molar-refractivity contribution in [2.45, 2.75) is 47.0 Å². The van der Waals surface area contributed by atoms with Crippen molar-refractivity contribution < 1.29 is 4.57 Å². The molecule has 0 saturated heterocycles. The largest absolute Gasteiger partial charge is 0.205 e. The fourth-order valence-corrected chi connectivity index (χ4v) is 1.93. The number of pyridine rings is 1. The number of aromatic nitrogens is 1. The Kier molecular flexibility index (Phi) is 3.54. The van der Waals surface area contributed by atoms with Gasteiger partial charge in [-0.05, 0) is 17.4 Å². The zero-order valence-corrected chi connectivity index (χ0v) is 11.0. The van der Waals surface area contributed by atoms with Crippen LogP contribution < -0.4 is 4.57 Å². The van der Waals surface area contributed by atoms with Crippen LogP contribution in [-0.4, -0.2) is 0 Å². The molecule has 0 N–H and O–H groups in total. The van der Waals surface area contributed by atoms with Crippen LogP contribution in [0, 0.1) is 5.41 Å². The molecule has 0 spiro atoms. The van der Waals surface area contributed by atoms with E-state index < -0.39 is 0 Å². The van der Waals surface area contributed by atoms with Crippen LogP contribution in [0.2, 0.25) is 0 Å². The lowest BCUT2D eigenvalue weighted by atomic mass is 9.88. The van der Waals surface area contributed by atoms with Crippen molar-refractivity contribution in [3.63, 3.8) is 0 Å². The van der Waals surface area contributed by atoms with E-state index in [0.29, 0.717) is 11.3 Å². The van der Waals surface area contributed by atoms with Crippen molar-refractivity contribution in [1.82, 2.24) is 0 Å². The van der Waals surface area contributed by atoms with Gasteiger partial charge in [-0.3, -0.25) is 0 Å². The van der Waals surface area contributed by atoms with Crippen LogP contribution in [0.15, 0.2) is 18.3 Å². The van der Waals surface area contributed by atoms with E-state index in [4.69, 9.17) is 0 Å². The van der Waals surface area contributed by atoms with Crippen LogP contribution in [0.3, 0.4) is 0 Å². The molecule has 1 aromatic heterocycles. The highest BCUT2D eigenvalue weighted by molar-refractivity contribution is 5.16. The average Bonchev–Trinajstić information content (AvgIpc) is 2.05. The Balaban J connectivity index is 2.98. The van der Waals surface area contributed by atoms with Gasteiger partial charge in [0.1, 0.15) is 7.05 Å². The second-order valence-corrected chi connectivity index (χ2v) is 5.96. The maximum atomic E-state index is 2.34. The average molecular weight is 206 g/mol. The molecule has 1 heteroatoms. The van der Waals surface area contributed by atoms with Gasteiger partial charge in [-0.15, -0.1) is 0 Å². The maximum absolute atomic E-state index is 2.34. The molecule has 0 unspecified atom stereocenters. The van der Waals surface area contributed by atoms with E-state index in [2.05, 4.69) is 64.6 Å². The summed E-state index contributed by atoms with van der Waals surface area (Å²) < 4.78 is 2.22. The normalized spacial score (nSPS) is 12.2. The summed E-state index contributed by atoms with van der Waals surface area (Å²) in [5.74, 6) is 0.593. The van der Waals surface area contributed by atoms with E-state index in [0.717, 1.165) is 6.42 Å². The highest BCUT2D eigenvalue weighted by atomic mass is 14.9. The highest BCUT2D eigenvalue weighted by Crippen LogP contribution is 2.21. The van der Waals surface area contributed by atoms with Crippen LogP contribution in [0.25, 0.3) is 0 Å². The number of hydrogen-bond acceptors (Lipinski definition) is 0. The van der Waals surface area contributed by atoms with Gasteiger partial charge >= 0.3 is 0 Å². The Morgan fingerprint density at radius 1 is 1.27 bits per heavy atom. The van der Waals surface area contributed by atoms with Gasteiger partial charge in [-0.1, -0.05) is 34.6 Å². The number of hydrogen-bond donors (Lipinski definition) is 0. The van der Waals surface area contributed by atoms with Crippen LogP contribution in [0.5, 0.6) is 0 Å². The quantitative estimate of drug-likeness (QED) is 0.654. The molecule has 0 aliphatic carbocycles. The van der Waals surface area contributed by atoms with Crippen LogP contribution in [-0.2, 0) is 13.5 Å². The Morgan fingerprint density at radius 2 is 1.87 bits per heavy atom. The third-order valence-corrected chi connectivity index (χ3v) is 2.58. The molecular weight excluding hydrogens is 182 g/mol. The molecule has 0 atom stereocenters. The lowest BCUT2D eigenvalue weighted by Gasteiger charge is -2.18. The summed E-state index contributed by atoms with van der Waals surface area (Å²) in [7, 11) is 2.12. The number of rotatable bonds is 2. The van der Waals surface area contributed by atoms with Gasteiger partial charge in [0.15, 0.2) is 11.9 Å². The molecule has 0 radical (unpaired) electrons. The molecule has 15 heavy (non-hydrogen) atoms. The summed E-state index contributed by atoms with van der Waals surface area (Å²) in [6.07, 6.45) is 3.32. The first-order valence-electron chi connectivity index (χ1n) is 5.78. The SMILES string of the molecule is CC(C)c1cc(CC(C)(C)C)cc[n+]1C. The summed E-state index contributed by atoms with van der Waals surface area (Å²) in [6.45, 7) is 11.4. The van der Waals surface area contributed by atoms with Crippen LogP contribution >= 0.6 is 0 Å². The molecule has 1 nitrogen and oxygen atoms in total. The molecule has 0 aliphatic rings. The molecule has 0 amide bonds. The maximum Gasteiger partial charge on any atom is 0.183 e. The fourth-order valence-electron chi connectivity index (χ4n) is 1.93. The van der Waals surface area contributed by atoms with E-state index >= 15 is 0 Å². The van der Waals surface area contributed by atoms with Crippen molar-refractivity contribution in [1.29, 1.82) is 0 Å². The Morgan fingerprint density at radius 3 is 2.33 bits per heavy atom. The van der Waals surface area contributed by atoms with E-state index in [1.165, 1.54) is 11.3 Å². The minimum absolute atomic E-state index is 0.369. The molecule has 0 fully saturated rings. The van der Waals surface area contributed by atoms with Crippen molar-refractivity contribution >= 4 is 0 Å². The smallest absolute Gasteiger partial charge is 0.183 e. The topological polar surface area (TPSA) is 3.88 Å². The van der Waals surface area contributed by atoms with Gasteiger partial charge in [0.25, 0.3) is 0 Å². The minimum Gasteiger partial charge on any atom is -0.205 e. The van der Waals surface area contributed by atoms with Gasteiger partial charge < -0.3 is 0 Å². The molecule has 0 bridgehead atoms. The predicted octanol–water partition coefficient (Wildman–Crippen LogP) is 3.22. The zero-order valence-electron chi connectivity index (χ0n) is 11.0.